The molecule has 0 unspecified atom stereocenters. The van der Waals surface area contributed by atoms with E-state index in [4.69, 9.17) is 0 Å². The van der Waals surface area contributed by atoms with Crippen molar-refractivity contribution >= 4 is 23.4 Å². The number of pyridine rings is 1. The number of amides is 1. The molecule has 1 rings (SSSR count). The first kappa shape index (κ1) is 15.8. The number of rotatable bonds is 9. The van der Waals surface area contributed by atoms with E-state index in [0.29, 0.717) is 5.56 Å². The Labute approximate surface area is 119 Å². The highest BCUT2D eigenvalue weighted by atomic mass is 32.2. The zero-order valence-corrected chi connectivity index (χ0v) is 12.6. The Balaban J connectivity index is 2.36. The van der Waals surface area contributed by atoms with Crippen LogP contribution in [0, 0.1) is 0 Å². The van der Waals surface area contributed by atoms with Crippen LogP contribution in [0.4, 0.5) is 5.69 Å². The second kappa shape index (κ2) is 9.67. The van der Waals surface area contributed by atoms with Crippen molar-refractivity contribution in [1.29, 1.82) is 0 Å². The van der Waals surface area contributed by atoms with Gasteiger partial charge in [-0.2, -0.15) is 11.8 Å². The van der Waals surface area contributed by atoms with E-state index in [1.165, 1.54) is 12.2 Å². The molecule has 106 valence electrons. The summed E-state index contributed by atoms with van der Waals surface area (Å²) < 4.78 is 0. The van der Waals surface area contributed by atoms with Crippen LogP contribution in [0.15, 0.2) is 18.5 Å². The normalized spacial score (nSPS) is 10.2. The molecule has 1 aromatic rings. The minimum absolute atomic E-state index is 0.0473. The quantitative estimate of drug-likeness (QED) is 0.683. The number of unbranched alkanes of at least 4 members (excludes halogenated alkanes) is 2. The summed E-state index contributed by atoms with van der Waals surface area (Å²) in [6, 6.07) is 1.83. The summed E-state index contributed by atoms with van der Waals surface area (Å²) in [5.41, 5.74) is 1.46. The van der Waals surface area contributed by atoms with Crippen LogP contribution in [0.2, 0.25) is 0 Å². The molecule has 0 saturated heterocycles. The first-order valence-electron chi connectivity index (χ1n) is 6.74. The maximum absolute atomic E-state index is 12.0. The second-order valence-corrected chi connectivity index (χ2v) is 5.25. The number of anilines is 1. The molecule has 1 amide bonds. The Hall–Kier alpha value is -1.23. The molecule has 0 aliphatic carbocycles. The summed E-state index contributed by atoms with van der Waals surface area (Å²) in [5, 5.41) is 6.12. The number of nitrogens with one attached hydrogen (secondary N) is 2. The van der Waals surface area contributed by atoms with E-state index in [-0.39, 0.29) is 5.91 Å². The average molecular weight is 281 g/mol. The molecule has 1 heterocycles. The van der Waals surface area contributed by atoms with E-state index >= 15 is 0 Å². The van der Waals surface area contributed by atoms with Crippen LogP contribution >= 0.6 is 11.8 Å². The molecule has 0 aromatic carbocycles. The van der Waals surface area contributed by atoms with Crippen molar-refractivity contribution in [3.05, 3.63) is 24.0 Å². The lowest BCUT2D eigenvalue weighted by Crippen LogP contribution is -2.25. The highest BCUT2D eigenvalue weighted by Gasteiger charge is 2.09. The number of aromatic nitrogens is 1. The summed E-state index contributed by atoms with van der Waals surface area (Å²) in [6.07, 6.45) is 8.83. The molecule has 0 bridgehead atoms. The van der Waals surface area contributed by atoms with Crippen LogP contribution in [0.5, 0.6) is 0 Å². The third kappa shape index (κ3) is 5.96. The Morgan fingerprint density at radius 3 is 2.95 bits per heavy atom. The molecule has 0 atom stereocenters. The molecule has 1 aromatic heterocycles. The molecule has 0 fully saturated rings. The lowest BCUT2D eigenvalue weighted by molar-refractivity contribution is 0.0953. The van der Waals surface area contributed by atoms with Gasteiger partial charge in [0.2, 0.25) is 0 Å². The van der Waals surface area contributed by atoms with Gasteiger partial charge in [-0.1, -0.05) is 6.42 Å². The van der Waals surface area contributed by atoms with Crippen LogP contribution in [0.1, 0.15) is 36.5 Å². The van der Waals surface area contributed by atoms with Gasteiger partial charge in [0, 0.05) is 25.5 Å². The van der Waals surface area contributed by atoms with Crippen molar-refractivity contribution in [3.8, 4) is 0 Å². The van der Waals surface area contributed by atoms with Crippen molar-refractivity contribution in [3.63, 3.8) is 0 Å². The molecular formula is C14H23N3OS. The molecule has 0 aliphatic rings. The summed E-state index contributed by atoms with van der Waals surface area (Å²) in [7, 11) is 0. The van der Waals surface area contributed by atoms with Crippen LogP contribution in [-0.4, -0.2) is 36.0 Å². The predicted molar refractivity (Wildman–Crippen MR) is 83.0 cm³/mol. The number of nitrogens with zero attached hydrogens (tertiary/aromatic N) is 1. The first-order valence-corrected chi connectivity index (χ1v) is 8.14. The van der Waals surface area contributed by atoms with E-state index in [1.54, 1.807) is 12.4 Å². The monoisotopic (exact) mass is 281 g/mol. The number of hydrogen-bond donors (Lipinski definition) is 2. The fourth-order valence-electron chi connectivity index (χ4n) is 1.77. The van der Waals surface area contributed by atoms with Gasteiger partial charge < -0.3 is 10.6 Å². The number of carbonyl (C=O) groups excluding carboxylic acids is 1. The minimum Gasteiger partial charge on any atom is -0.385 e. The largest absolute Gasteiger partial charge is 0.385 e. The van der Waals surface area contributed by atoms with Gasteiger partial charge in [-0.15, -0.1) is 0 Å². The molecular weight excluding hydrogens is 258 g/mol. The molecule has 0 saturated carbocycles. The number of hydrogen-bond acceptors (Lipinski definition) is 4. The highest BCUT2D eigenvalue weighted by molar-refractivity contribution is 7.98. The maximum Gasteiger partial charge on any atom is 0.254 e. The zero-order chi connectivity index (χ0) is 13.9. The highest BCUT2D eigenvalue weighted by Crippen LogP contribution is 2.12. The van der Waals surface area contributed by atoms with E-state index in [9.17, 15) is 4.79 Å². The van der Waals surface area contributed by atoms with Gasteiger partial charge in [-0.05, 0) is 37.8 Å². The van der Waals surface area contributed by atoms with E-state index in [0.717, 1.165) is 31.6 Å². The average Bonchev–Trinajstić information content (AvgIpc) is 2.43. The SMILES string of the molecule is CCNc1ccncc1C(=O)NCCCCCSC. The summed E-state index contributed by atoms with van der Waals surface area (Å²) in [5.74, 6) is 1.15. The Kier molecular flexibility index (Phi) is 8.05. The molecule has 2 N–H and O–H groups in total. The number of carbonyl (C=O) groups is 1. The van der Waals surface area contributed by atoms with Crippen molar-refractivity contribution in [2.45, 2.75) is 26.2 Å². The third-order valence-electron chi connectivity index (χ3n) is 2.74. The fourth-order valence-corrected chi connectivity index (χ4v) is 2.26. The molecule has 5 heteroatoms. The van der Waals surface area contributed by atoms with Gasteiger partial charge in [0.25, 0.3) is 5.91 Å². The van der Waals surface area contributed by atoms with Crippen molar-refractivity contribution in [1.82, 2.24) is 10.3 Å². The molecule has 0 spiro atoms. The lowest BCUT2D eigenvalue weighted by Gasteiger charge is -2.10. The zero-order valence-electron chi connectivity index (χ0n) is 11.7. The topological polar surface area (TPSA) is 54.0 Å². The van der Waals surface area contributed by atoms with E-state index < -0.39 is 0 Å². The minimum atomic E-state index is -0.0473. The van der Waals surface area contributed by atoms with Gasteiger partial charge in [0.1, 0.15) is 0 Å². The van der Waals surface area contributed by atoms with Gasteiger partial charge in [0.05, 0.1) is 11.3 Å². The van der Waals surface area contributed by atoms with Gasteiger partial charge >= 0.3 is 0 Å². The van der Waals surface area contributed by atoms with Gasteiger partial charge in [0.15, 0.2) is 0 Å². The van der Waals surface area contributed by atoms with Crippen LogP contribution in [0.3, 0.4) is 0 Å². The smallest absolute Gasteiger partial charge is 0.254 e. The standard InChI is InChI=1S/C14H23N3OS/c1-3-16-13-7-9-15-11-12(13)14(18)17-8-5-4-6-10-19-2/h7,9,11H,3-6,8,10H2,1-2H3,(H,15,16)(H,17,18). The maximum atomic E-state index is 12.0. The van der Waals surface area contributed by atoms with Gasteiger partial charge in [-0.25, -0.2) is 0 Å². The molecule has 4 nitrogen and oxygen atoms in total. The van der Waals surface area contributed by atoms with Crippen molar-refractivity contribution in [2.24, 2.45) is 0 Å². The van der Waals surface area contributed by atoms with Crippen molar-refractivity contribution in [2.75, 3.05) is 30.4 Å². The summed E-state index contributed by atoms with van der Waals surface area (Å²) in [4.78, 5) is 16.0. The Bertz CT molecular complexity index is 385. The summed E-state index contributed by atoms with van der Waals surface area (Å²) in [6.45, 7) is 3.53. The summed E-state index contributed by atoms with van der Waals surface area (Å²) >= 11 is 1.87. The first-order chi connectivity index (χ1) is 9.29. The van der Waals surface area contributed by atoms with E-state index in [2.05, 4.69) is 21.9 Å². The lowest BCUT2D eigenvalue weighted by atomic mass is 10.2. The molecule has 0 radical (unpaired) electrons. The second-order valence-electron chi connectivity index (χ2n) is 4.26. The third-order valence-corrected chi connectivity index (χ3v) is 3.44. The fraction of sp³-hybridized carbons (Fsp3) is 0.571. The molecule has 19 heavy (non-hydrogen) atoms. The van der Waals surface area contributed by atoms with E-state index in [1.807, 2.05) is 24.8 Å². The Morgan fingerprint density at radius 2 is 2.21 bits per heavy atom. The van der Waals surface area contributed by atoms with Gasteiger partial charge in [-0.3, -0.25) is 9.78 Å². The number of thioether (sulfide) groups is 1. The van der Waals surface area contributed by atoms with Crippen LogP contribution in [-0.2, 0) is 0 Å². The van der Waals surface area contributed by atoms with Crippen LogP contribution in [0.25, 0.3) is 0 Å². The Morgan fingerprint density at radius 1 is 1.37 bits per heavy atom. The molecule has 0 aliphatic heterocycles. The van der Waals surface area contributed by atoms with Crippen LogP contribution < -0.4 is 10.6 Å². The predicted octanol–water partition coefficient (Wildman–Crippen LogP) is 2.78. The van der Waals surface area contributed by atoms with Crippen molar-refractivity contribution < 1.29 is 4.79 Å².